The zero-order valence-corrected chi connectivity index (χ0v) is 36.5. The molecule has 0 saturated carbocycles. The lowest BCUT2D eigenvalue weighted by molar-refractivity contribution is 0.658. The molecule has 0 spiro atoms. The minimum absolute atomic E-state index is 0.202. The Hall–Kier alpha value is -7.02. The quantitative estimate of drug-likeness (QED) is 0.122. The van der Waals surface area contributed by atoms with E-state index in [4.69, 9.17) is 0 Å². The summed E-state index contributed by atoms with van der Waals surface area (Å²) in [5.74, 6) is 0.466. The third kappa shape index (κ3) is 9.94. The first-order valence-corrected chi connectivity index (χ1v) is 22.2. The number of aryl methyl sites for hydroxylation is 3. The van der Waals surface area contributed by atoms with Gasteiger partial charge in [-0.25, -0.2) is 0 Å². The number of hydrogen-bond donors (Lipinski definition) is 0. The van der Waals surface area contributed by atoms with Crippen molar-refractivity contribution in [3.8, 4) is 55.6 Å². The van der Waals surface area contributed by atoms with E-state index in [9.17, 15) is 0 Å². The van der Waals surface area contributed by atoms with Gasteiger partial charge in [0.05, 0.1) is 0 Å². The molecule has 0 aliphatic rings. The first-order valence-electron chi connectivity index (χ1n) is 22.2. The highest BCUT2D eigenvalue weighted by atomic mass is 14.3. The highest BCUT2D eigenvalue weighted by molar-refractivity contribution is 5.78. The van der Waals surface area contributed by atoms with Crippen molar-refractivity contribution in [2.75, 3.05) is 0 Å². The SMILES string of the molecule is CCCc1ccc(-c2ccc(-c3ccc(C(C)C(c4ccc(-c5ccccc5)cc4)c4ccc(-c5ccccc5)cc4)cc3)cc2)cc1-c1ccccc1C.Cc1ccccc1. The predicted molar refractivity (Wildman–Crippen MR) is 267 cm³/mol. The van der Waals surface area contributed by atoms with Crippen LogP contribution in [0.4, 0.5) is 0 Å². The average molecular weight is 801 g/mol. The molecule has 0 bridgehead atoms. The van der Waals surface area contributed by atoms with Crippen LogP contribution in [0, 0.1) is 13.8 Å². The molecule has 304 valence electrons. The lowest BCUT2D eigenvalue weighted by Gasteiger charge is -2.26. The summed E-state index contributed by atoms with van der Waals surface area (Å²) in [7, 11) is 0. The van der Waals surface area contributed by atoms with E-state index in [2.05, 4.69) is 240 Å². The van der Waals surface area contributed by atoms with Crippen molar-refractivity contribution >= 4 is 0 Å². The van der Waals surface area contributed by atoms with Gasteiger partial charge in [0.15, 0.2) is 0 Å². The van der Waals surface area contributed by atoms with Gasteiger partial charge < -0.3 is 0 Å². The maximum Gasteiger partial charge on any atom is 0.0155 e. The Morgan fingerprint density at radius 1 is 0.339 bits per heavy atom. The number of benzene rings is 9. The van der Waals surface area contributed by atoms with Gasteiger partial charge in [-0.15, -0.1) is 0 Å². The first kappa shape index (κ1) is 41.7. The van der Waals surface area contributed by atoms with Gasteiger partial charge in [0.2, 0.25) is 0 Å². The second-order valence-electron chi connectivity index (χ2n) is 16.5. The Morgan fingerprint density at radius 2 is 0.710 bits per heavy atom. The topological polar surface area (TPSA) is 0 Å². The molecule has 62 heavy (non-hydrogen) atoms. The molecule has 0 heterocycles. The maximum absolute atomic E-state index is 2.39. The van der Waals surface area contributed by atoms with Crippen molar-refractivity contribution < 1.29 is 0 Å². The summed E-state index contributed by atoms with van der Waals surface area (Å²) >= 11 is 0. The second kappa shape index (κ2) is 20.0. The van der Waals surface area contributed by atoms with Crippen molar-refractivity contribution in [1.82, 2.24) is 0 Å². The van der Waals surface area contributed by atoms with Crippen molar-refractivity contribution in [2.24, 2.45) is 0 Å². The van der Waals surface area contributed by atoms with E-state index in [1.54, 1.807) is 0 Å². The van der Waals surface area contributed by atoms with Crippen molar-refractivity contribution in [3.05, 3.63) is 264 Å². The summed E-state index contributed by atoms with van der Waals surface area (Å²) < 4.78 is 0. The van der Waals surface area contributed by atoms with Gasteiger partial charge in [-0.2, -0.15) is 0 Å². The van der Waals surface area contributed by atoms with Crippen LogP contribution < -0.4 is 0 Å². The fourth-order valence-corrected chi connectivity index (χ4v) is 8.73. The van der Waals surface area contributed by atoms with Crippen LogP contribution in [0.3, 0.4) is 0 Å². The molecule has 1 unspecified atom stereocenters. The van der Waals surface area contributed by atoms with Crippen LogP contribution in [-0.2, 0) is 6.42 Å². The molecule has 0 fully saturated rings. The van der Waals surface area contributed by atoms with Gasteiger partial charge in [0.1, 0.15) is 0 Å². The lowest BCUT2D eigenvalue weighted by Crippen LogP contribution is -2.10. The van der Waals surface area contributed by atoms with E-state index in [1.807, 2.05) is 18.2 Å². The van der Waals surface area contributed by atoms with Gasteiger partial charge in [-0.3, -0.25) is 0 Å². The fraction of sp³-hybridized carbons (Fsp3) is 0.129. The van der Waals surface area contributed by atoms with Crippen LogP contribution in [0.1, 0.15) is 65.5 Å². The van der Waals surface area contributed by atoms with Gasteiger partial charge in [0.25, 0.3) is 0 Å². The summed E-state index contributed by atoms with van der Waals surface area (Å²) in [4.78, 5) is 0. The number of rotatable bonds is 11. The molecule has 0 amide bonds. The van der Waals surface area contributed by atoms with Crippen molar-refractivity contribution in [1.29, 1.82) is 0 Å². The molecule has 9 aromatic carbocycles. The van der Waals surface area contributed by atoms with Gasteiger partial charge in [-0.1, -0.05) is 250 Å². The number of hydrogen-bond acceptors (Lipinski definition) is 0. The monoisotopic (exact) mass is 800 g/mol. The molecule has 0 aromatic heterocycles. The lowest BCUT2D eigenvalue weighted by atomic mass is 9.77. The molecule has 0 N–H and O–H groups in total. The van der Waals surface area contributed by atoms with E-state index in [-0.39, 0.29) is 11.8 Å². The van der Waals surface area contributed by atoms with Gasteiger partial charge in [0, 0.05) is 5.92 Å². The van der Waals surface area contributed by atoms with Gasteiger partial charge in [-0.05, 0) is 116 Å². The van der Waals surface area contributed by atoms with E-state index in [0.29, 0.717) is 0 Å². The van der Waals surface area contributed by atoms with E-state index >= 15 is 0 Å². The summed E-state index contributed by atoms with van der Waals surface area (Å²) in [6, 6.07) is 84.1. The third-order valence-corrected chi connectivity index (χ3v) is 12.2. The maximum atomic E-state index is 2.39. The molecule has 9 aromatic rings. The Morgan fingerprint density at radius 3 is 1.15 bits per heavy atom. The van der Waals surface area contributed by atoms with Crippen LogP contribution in [0.5, 0.6) is 0 Å². The molecule has 0 radical (unpaired) electrons. The molecule has 9 rings (SSSR count). The summed E-state index contributed by atoms with van der Waals surface area (Å²) in [6.45, 7) is 8.93. The zero-order chi connectivity index (χ0) is 42.7. The van der Waals surface area contributed by atoms with E-state index in [1.165, 1.54) is 89.0 Å². The molecule has 0 heteroatoms. The Labute approximate surface area is 370 Å². The van der Waals surface area contributed by atoms with Crippen LogP contribution in [0.25, 0.3) is 55.6 Å². The molecular weight excluding hydrogens is 745 g/mol. The van der Waals surface area contributed by atoms with E-state index in [0.717, 1.165) is 12.8 Å². The normalized spacial score (nSPS) is 11.4. The zero-order valence-electron chi connectivity index (χ0n) is 36.5. The van der Waals surface area contributed by atoms with Crippen LogP contribution in [-0.4, -0.2) is 0 Å². The van der Waals surface area contributed by atoms with Crippen LogP contribution in [0.2, 0.25) is 0 Å². The Kier molecular flexibility index (Phi) is 13.5. The van der Waals surface area contributed by atoms with Gasteiger partial charge >= 0.3 is 0 Å². The minimum Gasteiger partial charge on any atom is -0.0651 e. The molecule has 0 aliphatic carbocycles. The molecular formula is C62H56. The summed E-state index contributed by atoms with van der Waals surface area (Å²) in [5.41, 5.74) is 20.7. The predicted octanol–water partition coefficient (Wildman–Crippen LogP) is 17.2. The summed E-state index contributed by atoms with van der Waals surface area (Å²) in [5, 5.41) is 0. The Balaban J connectivity index is 0.000000689. The highest BCUT2D eigenvalue weighted by Gasteiger charge is 2.23. The minimum atomic E-state index is 0.202. The second-order valence-corrected chi connectivity index (χ2v) is 16.5. The summed E-state index contributed by atoms with van der Waals surface area (Å²) in [6.07, 6.45) is 2.22. The smallest absolute Gasteiger partial charge is 0.0155 e. The molecule has 0 aliphatic heterocycles. The first-order chi connectivity index (χ1) is 30.4. The molecule has 1 atom stereocenters. The average Bonchev–Trinajstić information content (AvgIpc) is 3.34. The van der Waals surface area contributed by atoms with Crippen molar-refractivity contribution in [2.45, 2.75) is 52.4 Å². The van der Waals surface area contributed by atoms with E-state index < -0.39 is 0 Å². The molecule has 0 saturated heterocycles. The van der Waals surface area contributed by atoms with Crippen LogP contribution >= 0.6 is 0 Å². The van der Waals surface area contributed by atoms with Crippen LogP contribution in [0.15, 0.2) is 231 Å². The van der Waals surface area contributed by atoms with Crippen molar-refractivity contribution in [3.63, 3.8) is 0 Å². The molecule has 0 nitrogen and oxygen atoms in total. The Bertz CT molecular complexity index is 2680. The fourth-order valence-electron chi connectivity index (χ4n) is 8.73. The highest BCUT2D eigenvalue weighted by Crippen LogP contribution is 2.41. The standard InChI is InChI=1S/C55H48.C7H8/c1-4-13-49-32-37-52(38-54(49)53-19-12-11-14-39(53)2)48-26-24-47(25-27-48)46-22-20-41(21-23-46)40(3)55(50-33-28-44(29-34-50)42-15-7-5-8-16-42)51-35-30-45(31-36-51)43-17-9-6-10-18-43;1-7-5-3-2-4-6-7/h5-12,14-38,40,55H,4,13H2,1-3H3;2-6H,1H3. The largest absolute Gasteiger partial charge is 0.0651 e. The third-order valence-electron chi connectivity index (χ3n) is 12.2.